The van der Waals surface area contributed by atoms with Crippen LogP contribution in [0.25, 0.3) is 10.9 Å². The lowest BCUT2D eigenvalue weighted by molar-refractivity contribution is 0.301. The number of tetrazole rings is 1. The number of rotatable bonds is 8. The third-order valence-electron chi connectivity index (χ3n) is 4.93. The van der Waals surface area contributed by atoms with E-state index in [1.165, 1.54) is 5.56 Å². The fourth-order valence-corrected chi connectivity index (χ4v) is 3.27. The Morgan fingerprint density at radius 2 is 1.86 bits per heavy atom. The molecule has 0 amide bonds. The molecule has 4 aromatic rings. The lowest BCUT2D eigenvalue weighted by atomic mass is 9.95. The molecule has 0 radical (unpaired) electrons. The Labute approximate surface area is 164 Å². The van der Waals surface area contributed by atoms with Crippen LogP contribution in [0.3, 0.4) is 0 Å². The van der Waals surface area contributed by atoms with Crippen LogP contribution in [0.5, 0.6) is 5.75 Å². The van der Waals surface area contributed by atoms with Gasteiger partial charge in [0.25, 0.3) is 0 Å². The number of hydrogen-bond donors (Lipinski definition) is 1. The zero-order chi connectivity index (χ0) is 19.2. The number of pyridine rings is 1. The maximum absolute atomic E-state index is 5.92. The number of aromatic nitrogens is 5. The predicted octanol–water partition coefficient (Wildman–Crippen LogP) is 4.45. The van der Waals surface area contributed by atoms with E-state index in [9.17, 15) is 0 Å². The molecule has 2 heterocycles. The van der Waals surface area contributed by atoms with Gasteiger partial charge >= 0.3 is 0 Å². The number of ether oxygens (including phenoxy) is 1. The molecular formula is C22H23N5O. The van der Waals surface area contributed by atoms with Crippen molar-refractivity contribution in [1.29, 1.82) is 0 Å². The van der Waals surface area contributed by atoms with Gasteiger partial charge in [0, 0.05) is 11.8 Å². The maximum atomic E-state index is 5.92. The number of aryl methyl sites for hydroxylation is 1. The van der Waals surface area contributed by atoms with Crippen molar-refractivity contribution in [2.45, 2.75) is 38.7 Å². The highest BCUT2D eigenvalue weighted by Gasteiger charge is 2.07. The van der Waals surface area contributed by atoms with Crippen LogP contribution in [0, 0.1) is 0 Å². The number of benzene rings is 2. The molecular weight excluding hydrogens is 350 g/mol. The summed E-state index contributed by atoms with van der Waals surface area (Å²) in [6.45, 7) is 2.71. The number of hydrogen-bond acceptors (Lipinski definition) is 5. The Morgan fingerprint density at radius 1 is 1.00 bits per heavy atom. The molecule has 6 nitrogen and oxygen atoms in total. The van der Waals surface area contributed by atoms with Gasteiger partial charge in [-0.25, -0.2) is 10.1 Å². The molecule has 1 N–H and O–H groups in total. The zero-order valence-electron chi connectivity index (χ0n) is 15.9. The Bertz CT molecular complexity index is 1010. The van der Waals surface area contributed by atoms with Gasteiger partial charge in [-0.1, -0.05) is 43.3 Å². The van der Waals surface area contributed by atoms with Gasteiger partial charge in [-0.15, -0.1) is 5.10 Å². The molecule has 4 rings (SSSR count). The molecule has 1 unspecified atom stereocenters. The van der Waals surface area contributed by atoms with E-state index in [0.29, 0.717) is 12.5 Å². The molecule has 0 bridgehead atoms. The first-order valence-electron chi connectivity index (χ1n) is 9.58. The first-order valence-corrected chi connectivity index (χ1v) is 9.58. The molecule has 2 aromatic carbocycles. The van der Waals surface area contributed by atoms with E-state index < -0.39 is 0 Å². The van der Waals surface area contributed by atoms with Crippen LogP contribution in [0.4, 0.5) is 0 Å². The summed E-state index contributed by atoms with van der Waals surface area (Å²) in [6.07, 6.45) is 3.00. The zero-order valence-corrected chi connectivity index (χ0v) is 15.9. The minimum absolute atomic E-state index is 0.463. The van der Waals surface area contributed by atoms with E-state index in [4.69, 9.17) is 4.74 Å². The van der Waals surface area contributed by atoms with E-state index in [1.54, 1.807) is 0 Å². The van der Waals surface area contributed by atoms with Crippen LogP contribution in [0.2, 0.25) is 0 Å². The monoisotopic (exact) mass is 373 g/mol. The minimum atomic E-state index is 0.463. The summed E-state index contributed by atoms with van der Waals surface area (Å²) in [7, 11) is 0. The van der Waals surface area contributed by atoms with Crippen LogP contribution >= 0.6 is 0 Å². The Balaban J connectivity index is 1.29. The van der Waals surface area contributed by atoms with Crippen molar-refractivity contribution in [3.63, 3.8) is 0 Å². The van der Waals surface area contributed by atoms with Gasteiger partial charge in [0.05, 0.1) is 11.2 Å². The van der Waals surface area contributed by atoms with Crippen LogP contribution in [0.1, 0.15) is 42.8 Å². The standard InChI is InChI=1S/C22H23N5O/c1-16(5-4-8-22-24-26-27-25-22)17-10-13-20(14-11-17)28-15-19-12-9-18-6-2-3-7-21(18)23-19/h2-3,6-7,9-14,16H,4-5,8,15H2,1H3,(H,24,25,26,27). The normalized spacial score (nSPS) is 12.2. The quantitative estimate of drug-likeness (QED) is 0.494. The average molecular weight is 373 g/mol. The van der Waals surface area contributed by atoms with E-state index >= 15 is 0 Å². The van der Waals surface area contributed by atoms with Gasteiger partial charge in [0.2, 0.25) is 0 Å². The predicted molar refractivity (Wildman–Crippen MR) is 108 cm³/mol. The van der Waals surface area contributed by atoms with E-state index in [0.717, 1.165) is 47.4 Å². The van der Waals surface area contributed by atoms with Gasteiger partial charge < -0.3 is 4.74 Å². The molecule has 0 fully saturated rings. The Kier molecular flexibility index (Phi) is 5.56. The van der Waals surface area contributed by atoms with E-state index in [2.05, 4.69) is 56.8 Å². The second-order valence-corrected chi connectivity index (χ2v) is 6.99. The number of nitrogens with one attached hydrogen (secondary N) is 1. The fraction of sp³-hybridized carbons (Fsp3) is 0.273. The highest BCUT2D eigenvalue weighted by Crippen LogP contribution is 2.24. The van der Waals surface area contributed by atoms with Crippen molar-refractivity contribution in [1.82, 2.24) is 25.6 Å². The SMILES string of the molecule is CC(CCCc1nnn[nH]1)c1ccc(OCc2ccc3ccccc3n2)cc1. The molecule has 1 atom stereocenters. The average Bonchev–Trinajstić information content (AvgIpc) is 3.26. The van der Waals surface area contributed by atoms with Crippen molar-refractivity contribution in [2.24, 2.45) is 0 Å². The second kappa shape index (κ2) is 8.61. The number of fused-ring (bicyclic) bond motifs is 1. The molecule has 0 aliphatic rings. The molecule has 0 saturated heterocycles. The van der Waals surface area contributed by atoms with Gasteiger partial charge in [-0.05, 0) is 59.0 Å². The molecule has 28 heavy (non-hydrogen) atoms. The summed E-state index contributed by atoms with van der Waals surface area (Å²) < 4.78 is 5.92. The lowest BCUT2D eigenvalue weighted by Gasteiger charge is -2.12. The van der Waals surface area contributed by atoms with Gasteiger partial charge in [-0.3, -0.25) is 0 Å². The fourth-order valence-electron chi connectivity index (χ4n) is 3.27. The third-order valence-corrected chi connectivity index (χ3v) is 4.93. The van der Waals surface area contributed by atoms with Crippen molar-refractivity contribution < 1.29 is 4.74 Å². The lowest BCUT2D eigenvalue weighted by Crippen LogP contribution is -1.99. The Hall–Kier alpha value is -3.28. The number of aromatic amines is 1. The van der Waals surface area contributed by atoms with Crippen LogP contribution < -0.4 is 4.74 Å². The molecule has 0 saturated carbocycles. The van der Waals surface area contributed by atoms with Crippen LogP contribution in [0.15, 0.2) is 60.7 Å². The smallest absolute Gasteiger partial charge is 0.148 e. The number of para-hydroxylation sites is 1. The molecule has 0 aliphatic heterocycles. The second-order valence-electron chi connectivity index (χ2n) is 6.99. The number of nitrogens with zero attached hydrogens (tertiary/aromatic N) is 4. The topological polar surface area (TPSA) is 76.6 Å². The molecule has 2 aromatic heterocycles. The van der Waals surface area contributed by atoms with Gasteiger partial charge in [0.15, 0.2) is 0 Å². The van der Waals surface area contributed by atoms with Gasteiger partial charge in [-0.2, -0.15) is 0 Å². The van der Waals surface area contributed by atoms with Gasteiger partial charge in [0.1, 0.15) is 18.2 Å². The maximum Gasteiger partial charge on any atom is 0.148 e. The Morgan fingerprint density at radius 3 is 2.68 bits per heavy atom. The van der Waals surface area contributed by atoms with Crippen LogP contribution in [-0.2, 0) is 13.0 Å². The molecule has 0 spiro atoms. The van der Waals surface area contributed by atoms with E-state index in [-0.39, 0.29) is 0 Å². The van der Waals surface area contributed by atoms with E-state index in [1.807, 2.05) is 36.4 Å². The van der Waals surface area contributed by atoms with Crippen molar-refractivity contribution in [3.05, 3.63) is 77.7 Å². The van der Waals surface area contributed by atoms with Crippen molar-refractivity contribution in [2.75, 3.05) is 0 Å². The van der Waals surface area contributed by atoms with Crippen LogP contribution in [-0.4, -0.2) is 25.6 Å². The van der Waals surface area contributed by atoms with Crippen molar-refractivity contribution in [3.8, 4) is 5.75 Å². The summed E-state index contributed by atoms with van der Waals surface area (Å²) in [6, 6.07) is 20.6. The third kappa shape index (κ3) is 4.52. The largest absolute Gasteiger partial charge is 0.487 e. The summed E-state index contributed by atoms with van der Waals surface area (Å²) in [5.41, 5.74) is 3.24. The first kappa shape index (κ1) is 18.1. The summed E-state index contributed by atoms with van der Waals surface area (Å²) >= 11 is 0. The summed E-state index contributed by atoms with van der Waals surface area (Å²) in [4.78, 5) is 4.65. The minimum Gasteiger partial charge on any atom is -0.487 e. The van der Waals surface area contributed by atoms with Crippen molar-refractivity contribution >= 4 is 10.9 Å². The molecule has 6 heteroatoms. The molecule has 0 aliphatic carbocycles. The molecule has 142 valence electrons. The summed E-state index contributed by atoms with van der Waals surface area (Å²) in [5.74, 6) is 2.18. The summed E-state index contributed by atoms with van der Waals surface area (Å²) in [5, 5.41) is 15.1. The highest BCUT2D eigenvalue weighted by molar-refractivity contribution is 5.78. The highest BCUT2D eigenvalue weighted by atomic mass is 16.5. The first-order chi connectivity index (χ1) is 13.8. The number of H-pyrrole nitrogens is 1.